The molecule has 25 heavy (non-hydrogen) atoms. The van der Waals surface area contributed by atoms with Gasteiger partial charge in [0.25, 0.3) is 0 Å². The molecule has 5 rings (SSSR count). The smallest absolute Gasteiger partial charge is 0.210 e. The molecule has 122 valence electrons. The predicted molar refractivity (Wildman–Crippen MR) is 99.7 cm³/mol. The summed E-state index contributed by atoms with van der Waals surface area (Å²) in [6.07, 6.45) is 0. The summed E-state index contributed by atoms with van der Waals surface area (Å²) in [6.45, 7) is 0. The molecule has 4 aromatic rings. The third-order valence-corrected chi connectivity index (χ3v) is 6.72. The summed E-state index contributed by atoms with van der Waals surface area (Å²) in [5.41, 5.74) is 2.88. The minimum Gasteiger partial charge on any atom is -0.290 e. The highest BCUT2D eigenvalue weighted by atomic mass is 79.9. The van der Waals surface area contributed by atoms with E-state index < -0.39 is 9.84 Å². The van der Waals surface area contributed by atoms with Crippen molar-refractivity contribution in [3.05, 3.63) is 71.2 Å². The number of benzene rings is 3. The van der Waals surface area contributed by atoms with Crippen LogP contribution in [0.15, 0.2) is 81.0 Å². The number of hydrogen-bond donors (Lipinski definition) is 0. The second-order valence-electron chi connectivity index (χ2n) is 5.88. The van der Waals surface area contributed by atoms with Gasteiger partial charge in [-0.1, -0.05) is 52.3 Å². The van der Waals surface area contributed by atoms with Gasteiger partial charge >= 0.3 is 0 Å². The molecular formula is C19H11BrN2O2S. The Morgan fingerprint density at radius 1 is 0.880 bits per heavy atom. The molecular weight excluding hydrogens is 400 g/mol. The van der Waals surface area contributed by atoms with Crippen molar-refractivity contribution in [1.29, 1.82) is 0 Å². The summed E-state index contributed by atoms with van der Waals surface area (Å²) in [4.78, 5) is 5.31. The van der Waals surface area contributed by atoms with Crippen LogP contribution in [0.1, 0.15) is 0 Å². The van der Waals surface area contributed by atoms with E-state index in [1.165, 1.54) is 0 Å². The van der Waals surface area contributed by atoms with Crippen molar-refractivity contribution in [2.75, 3.05) is 0 Å². The molecule has 1 aliphatic rings. The van der Waals surface area contributed by atoms with Crippen molar-refractivity contribution >= 4 is 36.8 Å². The average molecular weight is 411 g/mol. The van der Waals surface area contributed by atoms with E-state index in [0.717, 1.165) is 15.9 Å². The number of nitrogens with zero attached hydrogens (tertiary/aromatic N) is 2. The molecule has 0 N–H and O–H groups in total. The maximum atomic E-state index is 13.1. The van der Waals surface area contributed by atoms with Crippen molar-refractivity contribution in [2.24, 2.45) is 0 Å². The molecule has 6 heteroatoms. The highest BCUT2D eigenvalue weighted by molar-refractivity contribution is 9.10. The molecule has 0 aliphatic carbocycles. The lowest BCUT2D eigenvalue weighted by Crippen LogP contribution is -2.15. The van der Waals surface area contributed by atoms with Gasteiger partial charge in [-0.05, 0) is 30.3 Å². The highest BCUT2D eigenvalue weighted by Crippen LogP contribution is 2.42. The summed E-state index contributed by atoms with van der Waals surface area (Å²) in [5, 5.41) is 0. The fraction of sp³-hybridized carbons (Fsp3) is 0. The second kappa shape index (κ2) is 5.03. The van der Waals surface area contributed by atoms with E-state index in [4.69, 9.17) is 4.98 Å². The van der Waals surface area contributed by atoms with Gasteiger partial charge in [-0.3, -0.25) is 4.57 Å². The van der Waals surface area contributed by atoms with Crippen LogP contribution in [0.25, 0.3) is 28.1 Å². The molecule has 0 fully saturated rings. The molecule has 0 unspecified atom stereocenters. The van der Waals surface area contributed by atoms with Crippen LogP contribution in [0.5, 0.6) is 0 Å². The first-order chi connectivity index (χ1) is 12.1. The first-order valence-electron chi connectivity index (χ1n) is 7.69. The van der Waals surface area contributed by atoms with Crippen molar-refractivity contribution in [3.63, 3.8) is 0 Å². The Morgan fingerprint density at radius 2 is 1.68 bits per heavy atom. The van der Waals surface area contributed by atoms with E-state index in [0.29, 0.717) is 21.6 Å². The molecule has 0 radical (unpaired) electrons. The molecule has 0 saturated heterocycles. The molecule has 1 aliphatic heterocycles. The Labute approximate surface area is 152 Å². The van der Waals surface area contributed by atoms with E-state index in [9.17, 15) is 8.42 Å². The van der Waals surface area contributed by atoms with Crippen LogP contribution in [0.3, 0.4) is 0 Å². The summed E-state index contributed by atoms with van der Waals surface area (Å²) < 4.78 is 28.9. The first kappa shape index (κ1) is 14.9. The minimum absolute atomic E-state index is 0.289. The molecule has 0 amide bonds. The monoisotopic (exact) mass is 410 g/mol. The standard InChI is InChI=1S/C19H11BrN2O2S/c20-13-9-10-15-17(11-13)25(23,24)16-8-4-7-14-18(16)22(15)19(21-14)12-5-2-1-3-6-12/h1-11H. The Morgan fingerprint density at radius 3 is 2.48 bits per heavy atom. The quantitative estimate of drug-likeness (QED) is 0.405. The number of rotatable bonds is 1. The van der Waals surface area contributed by atoms with Crippen molar-refractivity contribution < 1.29 is 8.42 Å². The number of para-hydroxylation sites is 1. The number of fused-ring (bicyclic) bond motifs is 2. The van der Waals surface area contributed by atoms with Gasteiger partial charge in [0.15, 0.2) is 0 Å². The van der Waals surface area contributed by atoms with Crippen LogP contribution in [0.2, 0.25) is 0 Å². The summed E-state index contributed by atoms with van der Waals surface area (Å²) in [7, 11) is -3.59. The first-order valence-corrected chi connectivity index (χ1v) is 9.97. The Balaban J connectivity index is 2.02. The van der Waals surface area contributed by atoms with Gasteiger partial charge in [0, 0.05) is 10.0 Å². The number of hydrogen-bond acceptors (Lipinski definition) is 3. The zero-order valence-electron chi connectivity index (χ0n) is 12.8. The molecule has 0 spiro atoms. The largest absolute Gasteiger partial charge is 0.290 e. The average Bonchev–Trinajstić information content (AvgIpc) is 3.01. The van der Waals surface area contributed by atoms with Crippen LogP contribution in [-0.4, -0.2) is 18.0 Å². The molecule has 3 aromatic carbocycles. The molecule has 0 atom stereocenters. The molecule has 4 nitrogen and oxygen atoms in total. The van der Waals surface area contributed by atoms with E-state index in [-0.39, 0.29) is 4.90 Å². The van der Waals surface area contributed by atoms with E-state index >= 15 is 0 Å². The number of imidazole rings is 1. The molecule has 1 aromatic heterocycles. The highest BCUT2D eigenvalue weighted by Gasteiger charge is 2.33. The van der Waals surface area contributed by atoms with Crippen molar-refractivity contribution in [2.45, 2.75) is 9.79 Å². The van der Waals surface area contributed by atoms with Crippen molar-refractivity contribution in [3.8, 4) is 17.1 Å². The predicted octanol–water partition coefficient (Wildman–Crippen LogP) is 4.60. The molecule has 0 bridgehead atoms. The van der Waals surface area contributed by atoms with Crippen LogP contribution in [0.4, 0.5) is 0 Å². The van der Waals surface area contributed by atoms with Gasteiger partial charge in [-0.25, -0.2) is 13.4 Å². The third-order valence-electron chi connectivity index (χ3n) is 4.41. The van der Waals surface area contributed by atoms with Gasteiger partial charge in [0.05, 0.1) is 26.5 Å². The Hall–Kier alpha value is -2.44. The van der Waals surface area contributed by atoms with Gasteiger partial charge in [0.1, 0.15) is 5.82 Å². The number of aromatic nitrogens is 2. The fourth-order valence-electron chi connectivity index (χ4n) is 3.33. The summed E-state index contributed by atoms with van der Waals surface area (Å²) in [5.74, 6) is 0.738. The van der Waals surface area contributed by atoms with Crippen molar-refractivity contribution in [1.82, 2.24) is 9.55 Å². The Kier molecular flexibility index (Phi) is 2.99. The van der Waals surface area contributed by atoms with Crippen LogP contribution in [-0.2, 0) is 9.84 Å². The maximum absolute atomic E-state index is 13.1. The third kappa shape index (κ3) is 1.98. The number of sulfone groups is 1. The van der Waals surface area contributed by atoms with Gasteiger partial charge in [-0.2, -0.15) is 0 Å². The molecule has 2 heterocycles. The van der Waals surface area contributed by atoms with E-state index in [1.54, 1.807) is 18.2 Å². The zero-order valence-corrected chi connectivity index (χ0v) is 15.3. The van der Waals surface area contributed by atoms with E-state index in [2.05, 4.69) is 15.9 Å². The fourth-order valence-corrected chi connectivity index (χ4v) is 5.51. The van der Waals surface area contributed by atoms with E-state index in [1.807, 2.05) is 53.1 Å². The minimum atomic E-state index is -3.59. The van der Waals surface area contributed by atoms with Gasteiger partial charge < -0.3 is 0 Å². The lowest BCUT2D eigenvalue weighted by atomic mass is 10.2. The lowest BCUT2D eigenvalue weighted by Gasteiger charge is -2.21. The van der Waals surface area contributed by atoms with Crippen LogP contribution < -0.4 is 0 Å². The summed E-state index contributed by atoms with van der Waals surface area (Å²) >= 11 is 3.38. The Bertz CT molecular complexity index is 1260. The topological polar surface area (TPSA) is 52.0 Å². The normalized spacial score (nSPS) is 14.4. The maximum Gasteiger partial charge on any atom is 0.210 e. The second-order valence-corrected chi connectivity index (χ2v) is 8.68. The van der Waals surface area contributed by atoms with Gasteiger partial charge in [-0.15, -0.1) is 0 Å². The van der Waals surface area contributed by atoms with Gasteiger partial charge in [0.2, 0.25) is 9.84 Å². The SMILES string of the molecule is O=S1(=O)c2cc(Br)ccc2-n2c(-c3ccccc3)nc3cccc1c32. The lowest BCUT2D eigenvalue weighted by molar-refractivity contribution is 0.594. The summed E-state index contributed by atoms with van der Waals surface area (Å²) in [6, 6.07) is 20.4. The molecule has 0 saturated carbocycles. The zero-order chi connectivity index (χ0) is 17.2. The number of halogens is 1. The van der Waals surface area contributed by atoms with Crippen LogP contribution >= 0.6 is 15.9 Å². The van der Waals surface area contributed by atoms with Crippen LogP contribution in [0, 0.1) is 0 Å².